The summed E-state index contributed by atoms with van der Waals surface area (Å²) in [6.45, 7) is 6.04. The van der Waals surface area contributed by atoms with Crippen molar-refractivity contribution in [1.29, 1.82) is 0 Å². The first-order valence-electron chi connectivity index (χ1n) is 12.4. The molecule has 1 aliphatic rings. The summed E-state index contributed by atoms with van der Waals surface area (Å²) in [6, 6.07) is 16.7. The third-order valence-corrected chi connectivity index (χ3v) is 10.5. The van der Waals surface area contributed by atoms with Crippen LogP contribution in [-0.4, -0.2) is 68.0 Å². The van der Waals surface area contributed by atoms with Gasteiger partial charge in [-0.3, -0.25) is 4.79 Å². The zero-order chi connectivity index (χ0) is 26.2. The van der Waals surface area contributed by atoms with E-state index in [1.807, 2.05) is 48.7 Å². The van der Waals surface area contributed by atoms with E-state index < -0.39 is 15.7 Å². The van der Waals surface area contributed by atoms with E-state index in [0.29, 0.717) is 23.0 Å². The van der Waals surface area contributed by atoms with Gasteiger partial charge in [0.15, 0.2) is 0 Å². The van der Waals surface area contributed by atoms with Gasteiger partial charge in [-0.15, -0.1) is 11.3 Å². The Labute approximate surface area is 221 Å². The molecular weight excluding hydrogens is 506 g/mol. The van der Waals surface area contributed by atoms with Crippen molar-refractivity contribution < 1.29 is 13.8 Å². The molecule has 0 aliphatic carbocycles. The number of fused-ring (bicyclic) bond motifs is 3. The summed E-state index contributed by atoms with van der Waals surface area (Å²) in [6.07, 6.45) is 0. The van der Waals surface area contributed by atoms with Gasteiger partial charge in [-0.05, 0) is 55.4 Å². The maximum atomic E-state index is 13.9. The maximum Gasteiger partial charge on any atom is 0.317 e. The van der Waals surface area contributed by atoms with Crippen LogP contribution in [0.4, 0.5) is 10.5 Å². The van der Waals surface area contributed by atoms with Crippen LogP contribution in [0.5, 0.6) is 0 Å². The Morgan fingerprint density at radius 3 is 2.57 bits per heavy atom. The van der Waals surface area contributed by atoms with Crippen LogP contribution in [-0.2, 0) is 21.0 Å². The molecule has 0 bridgehead atoms. The topological polar surface area (TPSA) is 86.7 Å². The first kappa shape index (κ1) is 25.3. The molecule has 8 nitrogen and oxygen atoms in total. The summed E-state index contributed by atoms with van der Waals surface area (Å²) >= 11 is 1.36. The Morgan fingerprint density at radius 1 is 1.05 bits per heavy atom. The van der Waals surface area contributed by atoms with Crippen molar-refractivity contribution in [2.75, 3.05) is 31.5 Å². The lowest BCUT2D eigenvalue weighted by Crippen LogP contribution is -2.61. The minimum absolute atomic E-state index is 0.118. The minimum atomic E-state index is -2.90. The smallest absolute Gasteiger partial charge is 0.317 e. The van der Waals surface area contributed by atoms with Crippen molar-refractivity contribution >= 4 is 66.3 Å². The molecule has 3 amide bonds. The van der Waals surface area contributed by atoms with Crippen LogP contribution in [0.2, 0.25) is 0 Å². The average Bonchev–Trinajstić information content (AvgIpc) is 3.55. The van der Waals surface area contributed by atoms with Crippen molar-refractivity contribution in [2.45, 2.75) is 30.6 Å². The van der Waals surface area contributed by atoms with E-state index in [0.717, 1.165) is 28.4 Å². The molecule has 1 saturated heterocycles. The summed E-state index contributed by atoms with van der Waals surface area (Å²) in [5.41, 5.74) is 2.90. The Balaban J connectivity index is 1.48. The summed E-state index contributed by atoms with van der Waals surface area (Å²) in [7, 11) is -2.90. The number of amides is 3. The Hall–Kier alpha value is -3.34. The number of urea groups is 1. The highest BCUT2D eigenvalue weighted by molar-refractivity contribution is 8.00. The molecule has 1 unspecified atom stereocenters. The summed E-state index contributed by atoms with van der Waals surface area (Å²) in [4.78, 5) is 27.9. The SMILES string of the molecule is C=S(=O)(c1cccs1)N1CCN(C(=O)NCC)C[C@H]1C(=O)Nc1ccc2c(c1)c1ccccc1n2CC. The average molecular weight is 538 g/mol. The number of piperazine rings is 1. The number of carbonyl (C=O) groups excluding carboxylic acids is 2. The van der Waals surface area contributed by atoms with Crippen LogP contribution in [0.15, 0.2) is 64.2 Å². The van der Waals surface area contributed by atoms with Gasteiger partial charge in [-0.25, -0.2) is 13.3 Å². The molecule has 0 spiro atoms. The molecule has 3 heterocycles. The number of benzene rings is 2. The van der Waals surface area contributed by atoms with Gasteiger partial charge in [0.25, 0.3) is 0 Å². The maximum absolute atomic E-state index is 13.9. The molecular formula is C27H31N5O3S2. The third kappa shape index (κ3) is 4.60. The highest BCUT2D eigenvalue weighted by Crippen LogP contribution is 2.31. The van der Waals surface area contributed by atoms with E-state index in [4.69, 9.17) is 0 Å². The number of rotatable bonds is 6. The summed E-state index contributed by atoms with van der Waals surface area (Å²) < 4.78 is 18.4. The normalized spacial score (nSPS) is 18.1. The number of nitrogens with one attached hydrogen (secondary N) is 2. The second kappa shape index (κ2) is 10.2. The fourth-order valence-electron chi connectivity index (χ4n) is 5.04. The molecule has 4 aromatic rings. The van der Waals surface area contributed by atoms with Crippen LogP contribution in [0.1, 0.15) is 13.8 Å². The van der Waals surface area contributed by atoms with Crippen molar-refractivity contribution in [1.82, 2.24) is 19.1 Å². The van der Waals surface area contributed by atoms with Gasteiger partial charge < -0.3 is 20.1 Å². The molecule has 10 heteroatoms. The number of aromatic nitrogens is 1. The van der Waals surface area contributed by atoms with Gasteiger partial charge >= 0.3 is 6.03 Å². The number of hydrogen-bond acceptors (Lipinski definition) is 4. The van der Waals surface area contributed by atoms with E-state index in [1.165, 1.54) is 11.3 Å². The molecule has 2 N–H and O–H groups in total. The Kier molecular flexibility index (Phi) is 6.98. The fraction of sp³-hybridized carbons (Fsp3) is 0.296. The van der Waals surface area contributed by atoms with E-state index in [9.17, 15) is 13.8 Å². The highest BCUT2D eigenvalue weighted by atomic mass is 32.2. The van der Waals surface area contributed by atoms with Gasteiger partial charge in [0.05, 0.1) is 13.9 Å². The fourth-order valence-corrected chi connectivity index (χ4v) is 8.01. The standard InChI is InChI=1S/C27H31N5O3S2/c1-4-28-27(34)30-14-15-32(37(3,35)25-11-8-16-36-25)24(18-30)26(33)29-19-12-13-23-21(17-19)20-9-6-7-10-22(20)31(23)5-2/h6-13,16-17,24H,3-5,14-15,18H2,1-2H3,(H,28,34)(H,29,33)/t24-,37?/m0/s1. The van der Waals surface area contributed by atoms with Crippen molar-refractivity contribution in [3.8, 4) is 0 Å². The van der Waals surface area contributed by atoms with Gasteiger partial charge in [-0.1, -0.05) is 24.3 Å². The van der Waals surface area contributed by atoms with Gasteiger partial charge in [0.1, 0.15) is 6.04 Å². The Bertz CT molecular complexity index is 1560. The van der Waals surface area contributed by atoms with Crippen molar-refractivity contribution in [3.63, 3.8) is 0 Å². The number of carbonyl (C=O) groups is 2. The lowest BCUT2D eigenvalue weighted by Gasteiger charge is -2.41. The number of para-hydroxylation sites is 1. The molecule has 1 aliphatic heterocycles. The largest absolute Gasteiger partial charge is 0.341 e. The molecule has 37 heavy (non-hydrogen) atoms. The quantitative estimate of drug-likeness (QED) is 0.361. The van der Waals surface area contributed by atoms with Crippen molar-refractivity contribution in [3.05, 3.63) is 60.0 Å². The van der Waals surface area contributed by atoms with Crippen LogP contribution < -0.4 is 10.6 Å². The van der Waals surface area contributed by atoms with Crippen LogP contribution in [0, 0.1) is 0 Å². The lowest BCUT2D eigenvalue weighted by atomic mass is 10.1. The lowest BCUT2D eigenvalue weighted by molar-refractivity contribution is -0.120. The number of aryl methyl sites for hydroxylation is 1. The van der Waals surface area contributed by atoms with Crippen LogP contribution >= 0.6 is 11.3 Å². The molecule has 2 aromatic carbocycles. The number of anilines is 1. The zero-order valence-electron chi connectivity index (χ0n) is 21.0. The van der Waals surface area contributed by atoms with E-state index in [-0.39, 0.29) is 25.0 Å². The van der Waals surface area contributed by atoms with Crippen molar-refractivity contribution in [2.24, 2.45) is 0 Å². The number of nitrogens with zero attached hydrogens (tertiary/aromatic N) is 3. The van der Waals surface area contributed by atoms with Crippen LogP contribution in [0.3, 0.4) is 0 Å². The monoisotopic (exact) mass is 537 g/mol. The molecule has 0 saturated carbocycles. The predicted molar refractivity (Wildman–Crippen MR) is 153 cm³/mol. The second-order valence-electron chi connectivity index (χ2n) is 8.99. The predicted octanol–water partition coefficient (Wildman–Crippen LogP) is 4.22. The third-order valence-electron chi connectivity index (χ3n) is 6.79. The van der Waals surface area contributed by atoms with Gasteiger partial charge in [0, 0.05) is 60.2 Å². The first-order chi connectivity index (χ1) is 17.8. The first-order valence-corrected chi connectivity index (χ1v) is 14.9. The Morgan fingerprint density at radius 2 is 1.84 bits per heavy atom. The molecule has 1 fully saturated rings. The van der Waals surface area contributed by atoms with E-state index in [2.05, 4.69) is 40.1 Å². The van der Waals surface area contributed by atoms with E-state index >= 15 is 0 Å². The molecule has 2 aromatic heterocycles. The second-order valence-corrected chi connectivity index (χ2v) is 12.4. The number of thiophene rings is 1. The zero-order valence-corrected chi connectivity index (χ0v) is 22.6. The summed E-state index contributed by atoms with van der Waals surface area (Å²) in [5, 5.41) is 9.86. The van der Waals surface area contributed by atoms with Gasteiger partial charge in [-0.2, -0.15) is 0 Å². The van der Waals surface area contributed by atoms with E-state index in [1.54, 1.807) is 15.3 Å². The molecule has 0 radical (unpaired) electrons. The van der Waals surface area contributed by atoms with Gasteiger partial charge in [0.2, 0.25) is 5.91 Å². The highest BCUT2D eigenvalue weighted by Gasteiger charge is 2.39. The molecule has 2 atom stereocenters. The molecule has 194 valence electrons. The molecule has 5 rings (SSSR count). The summed E-state index contributed by atoms with van der Waals surface area (Å²) in [5.74, 6) is 3.71. The van der Waals surface area contributed by atoms with Crippen LogP contribution in [0.25, 0.3) is 21.8 Å². The number of hydrogen-bond donors (Lipinski definition) is 2. The minimum Gasteiger partial charge on any atom is -0.341 e.